The number of imide groups is 1. The summed E-state index contributed by atoms with van der Waals surface area (Å²) in [5.41, 5.74) is 0.739. The molecule has 2 rings (SSSR count). The molecule has 2 heterocycles. The predicted molar refractivity (Wildman–Crippen MR) is 98.2 cm³/mol. The molecule has 2 aliphatic rings. The second-order valence-corrected chi connectivity index (χ2v) is 6.47. The van der Waals surface area contributed by atoms with Crippen LogP contribution in [0.2, 0.25) is 0 Å². The molecule has 2 fully saturated rings. The van der Waals surface area contributed by atoms with Gasteiger partial charge in [-0.1, -0.05) is 12.2 Å². The van der Waals surface area contributed by atoms with Crippen molar-refractivity contribution in [2.45, 2.75) is 32.0 Å². The lowest BCUT2D eigenvalue weighted by Gasteiger charge is -2.24. The molecule has 0 radical (unpaired) electrons. The fraction of sp³-hybridized carbons (Fsp3) is 0.667. The van der Waals surface area contributed by atoms with Crippen LogP contribution in [0.5, 0.6) is 0 Å². The van der Waals surface area contributed by atoms with Crippen molar-refractivity contribution in [1.29, 1.82) is 0 Å². The third-order valence-electron chi connectivity index (χ3n) is 3.88. The first-order chi connectivity index (χ1) is 12.4. The molecule has 0 aromatic heterocycles. The van der Waals surface area contributed by atoms with Crippen LogP contribution >= 0.6 is 22.9 Å². The predicted octanol–water partition coefficient (Wildman–Crippen LogP) is -0.343. The largest absolute Gasteiger partial charge is 0.364 e. The fourth-order valence-electron chi connectivity index (χ4n) is 2.67. The van der Waals surface area contributed by atoms with Crippen LogP contribution < -0.4 is 8.85 Å². The Bertz CT molecular complexity index is 544. The van der Waals surface area contributed by atoms with E-state index in [9.17, 15) is 14.4 Å². The number of hydroxylamine groups is 2. The molecule has 2 atom stereocenters. The number of nitrogens with zero attached hydrogens (tertiary/aromatic N) is 2. The quantitative estimate of drug-likeness (QED) is 0.109. The van der Waals surface area contributed by atoms with Gasteiger partial charge in [-0.2, -0.15) is 5.06 Å². The normalized spacial score (nSPS) is 22.1. The molecule has 0 aromatic carbocycles. The van der Waals surface area contributed by atoms with Crippen LogP contribution in [0.4, 0.5) is 0 Å². The third kappa shape index (κ3) is 5.69. The summed E-state index contributed by atoms with van der Waals surface area (Å²) in [7, 11) is 0. The van der Waals surface area contributed by atoms with Crippen LogP contribution in [0.15, 0.2) is 12.2 Å². The van der Waals surface area contributed by atoms with E-state index in [1.54, 1.807) is 29.8 Å². The van der Waals surface area contributed by atoms with E-state index in [0.717, 1.165) is 10.6 Å². The maximum atomic E-state index is 11.9. The summed E-state index contributed by atoms with van der Waals surface area (Å²) in [4.78, 5) is 41.6. The van der Waals surface area contributed by atoms with Gasteiger partial charge in [0.25, 0.3) is 11.8 Å². The summed E-state index contributed by atoms with van der Waals surface area (Å²) >= 11 is 1.80. The van der Waals surface area contributed by atoms with Gasteiger partial charge < -0.3 is 9.47 Å². The average Bonchev–Trinajstić information content (AvgIpc) is 3.18. The van der Waals surface area contributed by atoms with E-state index in [-0.39, 0.29) is 56.7 Å². The maximum absolute atomic E-state index is 11.9. The fourth-order valence-corrected chi connectivity index (χ4v) is 2.97. The number of halogens is 1. The van der Waals surface area contributed by atoms with Crippen LogP contribution in [0.25, 0.3) is 0 Å². The van der Waals surface area contributed by atoms with Gasteiger partial charge in [0.1, 0.15) is 19.0 Å². The van der Waals surface area contributed by atoms with Gasteiger partial charge in [-0.3, -0.25) is 33.0 Å². The van der Waals surface area contributed by atoms with Crippen LogP contribution in [-0.4, -0.2) is 73.2 Å². The Kier molecular flexibility index (Phi) is 8.37. The zero-order valence-electron chi connectivity index (χ0n) is 14.5. The van der Waals surface area contributed by atoms with Gasteiger partial charge in [0.05, 0.1) is 42.8 Å². The molecule has 10 nitrogen and oxygen atoms in total. The van der Waals surface area contributed by atoms with E-state index in [1.165, 1.54) is 0 Å². The van der Waals surface area contributed by atoms with E-state index in [2.05, 4.69) is 15.4 Å². The summed E-state index contributed by atoms with van der Waals surface area (Å²) < 4.78 is 13.5. The highest BCUT2D eigenvalue weighted by molar-refractivity contribution is 14.1. The molecule has 26 heavy (non-hydrogen) atoms. The maximum Gasteiger partial charge on any atom is 0.253 e. The van der Waals surface area contributed by atoms with Gasteiger partial charge in [0.2, 0.25) is 5.91 Å². The number of amides is 3. The van der Waals surface area contributed by atoms with Crippen molar-refractivity contribution in [3.05, 3.63) is 12.2 Å². The molecular formula is C15H23IN4O6. The lowest BCUT2D eigenvalue weighted by atomic mass is 10.1. The Morgan fingerprint density at radius 3 is 2.69 bits per heavy atom. The standard InChI is InChI=1S/C15H23IN4O6/c1-10(2)14(15(23)18-16)19-7-11(25-9-19)17-8-24-5-6-26-20-12(21)3-4-13(20)22/h11,14,17H,1,3-9H2,2H3,(H,18,23)/t11?,14-/m0/s1. The number of carbonyl (C=O) groups is 3. The Morgan fingerprint density at radius 2 is 2.08 bits per heavy atom. The second kappa shape index (κ2) is 10.3. The van der Waals surface area contributed by atoms with Crippen molar-refractivity contribution < 1.29 is 28.7 Å². The molecular weight excluding hydrogens is 459 g/mol. The molecule has 1 unspecified atom stereocenters. The molecule has 0 spiro atoms. The minimum Gasteiger partial charge on any atom is -0.364 e. The minimum atomic E-state index is -0.441. The average molecular weight is 482 g/mol. The summed E-state index contributed by atoms with van der Waals surface area (Å²) in [5.74, 6) is -0.785. The highest BCUT2D eigenvalue weighted by Gasteiger charge is 2.33. The van der Waals surface area contributed by atoms with Crippen molar-refractivity contribution in [3.8, 4) is 0 Å². The van der Waals surface area contributed by atoms with Crippen LogP contribution in [0.1, 0.15) is 19.8 Å². The number of hydrogen-bond donors (Lipinski definition) is 2. The van der Waals surface area contributed by atoms with Crippen LogP contribution in [0, 0.1) is 0 Å². The summed E-state index contributed by atoms with van der Waals surface area (Å²) in [6.07, 6.45) is 0.108. The van der Waals surface area contributed by atoms with Crippen molar-refractivity contribution >= 4 is 40.6 Å². The number of ether oxygens (including phenoxy) is 2. The van der Waals surface area contributed by atoms with Crippen molar-refractivity contribution in [3.63, 3.8) is 0 Å². The van der Waals surface area contributed by atoms with E-state index < -0.39 is 6.04 Å². The molecule has 2 aliphatic heterocycles. The lowest BCUT2D eigenvalue weighted by Crippen LogP contribution is -2.45. The summed E-state index contributed by atoms with van der Waals surface area (Å²) in [6.45, 7) is 7.01. The highest BCUT2D eigenvalue weighted by atomic mass is 127. The first kappa shape index (κ1) is 21.2. The molecule has 2 N–H and O–H groups in total. The minimum absolute atomic E-state index is 0.102. The smallest absolute Gasteiger partial charge is 0.253 e. The Labute approximate surface area is 165 Å². The number of rotatable bonds is 10. The van der Waals surface area contributed by atoms with Crippen molar-refractivity contribution in [2.75, 3.05) is 33.2 Å². The molecule has 0 bridgehead atoms. The zero-order valence-corrected chi connectivity index (χ0v) is 16.7. The molecule has 0 aromatic rings. The van der Waals surface area contributed by atoms with E-state index >= 15 is 0 Å². The van der Waals surface area contributed by atoms with Gasteiger partial charge >= 0.3 is 0 Å². The first-order valence-corrected chi connectivity index (χ1v) is 9.23. The van der Waals surface area contributed by atoms with Gasteiger partial charge in [0, 0.05) is 19.4 Å². The highest BCUT2D eigenvalue weighted by Crippen LogP contribution is 2.16. The monoisotopic (exact) mass is 482 g/mol. The molecule has 146 valence electrons. The number of carbonyl (C=O) groups excluding carboxylic acids is 3. The van der Waals surface area contributed by atoms with E-state index in [1.807, 2.05) is 4.90 Å². The Hall–Kier alpha value is -1.12. The van der Waals surface area contributed by atoms with Gasteiger partial charge in [-0.15, -0.1) is 0 Å². The van der Waals surface area contributed by atoms with Crippen LogP contribution in [0.3, 0.4) is 0 Å². The van der Waals surface area contributed by atoms with Gasteiger partial charge in [-0.05, 0) is 6.92 Å². The molecule has 0 saturated carbocycles. The van der Waals surface area contributed by atoms with E-state index in [4.69, 9.17) is 14.3 Å². The topological polar surface area (TPSA) is 109 Å². The van der Waals surface area contributed by atoms with Crippen molar-refractivity contribution in [1.82, 2.24) is 18.8 Å². The van der Waals surface area contributed by atoms with E-state index in [0.29, 0.717) is 13.3 Å². The molecule has 3 amide bonds. The lowest BCUT2D eigenvalue weighted by molar-refractivity contribution is -0.191. The van der Waals surface area contributed by atoms with Gasteiger partial charge in [0.15, 0.2) is 0 Å². The SMILES string of the molecule is C=C(C)[C@@H](C(=O)NI)N1COC(NCOCCON2C(=O)CCC2=O)C1. The molecule has 11 heteroatoms. The Morgan fingerprint density at radius 1 is 1.38 bits per heavy atom. The number of hydrogen-bond acceptors (Lipinski definition) is 8. The van der Waals surface area contributed by atoms with Crippen molar-refractivity contribution in [2.24, 2.45) is 0 Å². The first-order valence-electron chi connectivity index (χ1n) is 8.15. The summed E-state index contributed by atoms with van der Waals surface area (Å²) in [5, 5.41) is 3.85. The summed E-state index contributed by atoms with van der Waals surface area (Å²) in [6, 6.07) is -0.441. The van der Waals surface area contributed by atoms with Crippen LogP contribution in [-0.2, 0) is 28.7 Å². The second-order valence-electron chi connectivity index (χ2n) is 5.94. The molecule has 2 saturated heterocycles. The third-order valence-corrected chi connectivity index (χ3v) is 4.41. The van der Waals surface area contributed by atoms with Gasteiger partial charge in [-0.25, -0.2) is 0 Å². The number of nitrogens with one attached hydrogen (secondary N) is 2. The molecule has 0 aliphatic carbocycles. The Balaban J connectivity index is 1.61. The zero-order chi connectivity index (χ0) is 19.1.